The van der Waals surface area contributed by atoms with Crippen LogP contribution in [0.25, 0.3) is 0 Å². The van der Waals surface area contributed by atoms with Crippen LogP contribution in [0.2, 0.25) is 0 Å². The summed E-state index contributed by atoms with van der Waals surface area (Å²) in [5, 5.41) is 0. The van der Waals surface area contributed by atoms with Gasteiger partial charge >= 0.3 is 0 Å². The molecule has 0 aliphatic heterocycles. The molecule has 0 bridgehead atoms. The molecule has 0 radical (unpaired) electrons. The zero-order chi connectivity index (χ0) is 12.8. The highest BCUT2D eigenvalue weighted by Crippen LogP contribution is 2.21. The van der Waals surface area contributed by atoms with Crippen LogP contribution in [-0.4, -0.2) is 30.2 Å². The van der Waals surface area contributed by atoms with Crippen LogP contribution in [-0.2, 0) is 4.74 Å². The highest BCUT2D eigenvalue weighted by Gasteiger charge is 2.10. The summed E-state index contributed by atoms with van der Waals surface area (Å²) in [6, 6.07) is 10.1. The van der Waals surface area contributed by atoms with Gasteiger partial charge in [0.25, 0.3) is 0 Å². The summed E-state index contributed by atoms with van der Waals surface area (Å²) in [6.07, 6.45) is 3.49. The van der Waals surface area contributed by atoms with Gasteiger partial charge in [-0.1, -0.05) is 17.7 Å². The lowest BCUT2D eigenvalue weighted by Gasteiger charge is -2.22. The van der Waals surface area contributed by atoms with Gasteiger partial charge in [-0.2, -0.15) is 0 Å². The third-order valence-corrected chi connectivity index (χ3v) is 2.66. The lowest BCUT2D eigenvalue weighted by molar-refractivity contribution is 0.207. The lowest BCUT2D eigenvalue weighted by Crippen LogP contribution is -2.23. The van der Waals surface area contributed by atoms with Gasteiger partial charge in [0.15, 0.2) is 0 Å². The summed E-state index contributed by atoms with van der Waals surface area (Å²) in [5.41, 5.74) is 2.31. The molecule has 0 N–H and O–H groups in total. The van der Waals surface area contributed by atoms with Gasteiger partial charge in [-0.3, -0.25) is 0 Å². The smallest absolute Gasteiger partial charge is 0.229 e. The van der Waals surface area contributed by atoms with Crippen molar-refractivity contribution in [3.63, 3.8) is 0 Å². The Labute approximate surface area is 107 Å². The minimum absolute atomic E-state index is 0.631. The second-order valence-corrected chi connectivity index (χ2v) is 4.03. The molecule has 0 aliphatic carbocycles. The fourth-order valence-electron chi connectivity index (χ4n) is 1.68. The standard InChI is InChI=1S/C14H17N3O/c1-12-4-6-13(7-5-12)17(10-11-18-2)14-15-8-3-9-16-14/h3-9H,10-11H2,1-2H3. The minimum Gasteiger partial charge on any atom is -0.383 e. The van der Waals surface area contributed by atoms with Gasteiger partial charge in [0.05, 0.1) is 6.61 Å². The van der Waals surface area contributed by atoms with Gasteiger partial charge in [0, 0.05) is 31.7 Å². The van der Waals surface area contributed by atoms with Crippen molar-refractivity contribution in [2.45, 2.75) is 6.92 Å². The Morgan fingerprint density at radius 1 is 1.11 bits per heavy atom. The predicted octanol–water partition coefficient (Wildman–Crippen LogP) is 2.57. The molecule has 1 aromatic carbocycles. The van der Waals surface area contributed by atoms with Gasteiger partial charge < -0.3 is 9.64 Å². The van der Waals surface area contributed by atoms with Crippen LogP contribution in [0.5, 0.6) is 0 Å². The summed E-state index contributed by atoms with van der Waals surface area (Å²) in [5.74, 6) is 0.693. The fraction of sp³-hybridized carbons (Fsp3) is 0.286. The van der Waals surface area contributed by atoms with E-state index in [1.54, 1.807) is 19.5 Å². The predicted molar refractivity (Wildman–Crippen MR) is 72.1 cm³/mol. The molecule has 18 heavy (non-hydrogen) atoms. The van der Waals surface area contributed by atoms with Crippen molar-refractivity contribution in [2.75, 3.05) is 25.2 Å². The normalized spacial score (nSPS) is 10.3. The van der Waals surface area contributed by atoms with E-state index in [1.807, 2.05) is 11.0 Å². The number of nitrogens with zero attached hydrogens (tertiary/aromatic N) is 3. The second kappa shape index (κ2) is 6.12. The highest BCUT2D eigenvalue weighted by molar-refractivity contribution is 5.57. The summed E-state index contributed by atoms with van der Waals surface area (Å²) in [4.78, 5) is 10.6. The number of anilines is 2. The van der Waals surface area contributed by atoms with Gasteiger partial charge in [-0.05, 0) is 25.1 Å². The Balaban J connectivity index is 2.27. The Morgan fingerprint density at radius 2 is 1.78 bits per heavy atom. The van der Waals surface area contributed by atoms with E-state index in [0.717, 1.165) is 12.2 Å². The summed E-state index contributed by atoms with van der Waals surface area (Å²) in [7, 11) is 1.69. The molecule has 0 aliphatic rings. The average molecular weight is 243 g/mol. The Morgan fingerprint density at radius 3 is 2.39 bits per heavy atom. The Kier molecular flexibility index (Phi) is 4.25. The Hall–Kier alpha value is -1.94. The molecule has 0 saturated carbocycles. The third kappa shape index (κ3) is 3.05. The maximum Gasteiger partial charge on any atom is 0.229 e. The van der Waals surface area contributed by atoms with Crippen LogP contribution in [0, 0.1) is 6.92 Å². The van der Waals surface area contributed by atoms with Crippen molar-refractivity contribution in [3.8, 4) is 0 Å². The van der Waals surface area contributed by atoms with E-state index in [0.29, 0.717) is 12.6 Å². The number of aromatic nitrogens is 2. The maximum atomic E-state index is 5.14. The van der Waals surface area contributed by atoms with Crippen molar-refractivity contribution in [2.24, 2.45) is 0 Å². The Bertz CT molecular complexity index is 470. The molecule has 4 heteroatoms. The van der Waals surface area contributed by atoms with E-state index in [1.165, 1.54) is 5.56 Å². The van der Waals surface area contributed by atoms with E-state index >= 15 is 0 Å². The number of aryl methyl sites for hydroxylation is 1. The van der Waals surface area contributed by atoms with Gasteiger partial charge in [-0.15, -0.1) is 0 Å². The van der Waals surface area contributed by atoms with Gasteiger partial charge in [0.1, 0.15) is 0 Å². The number of hydrogen-bond donors (Lipinski definition) is 0. The average Bonchev–Trinajstić information content (AvgIpc) is 2.42. The van der Waals surface area contributed by atoms with Crippen LogP contribution in [0.4, 0.5) is 11.6 Å². The van der Waals surface area contributed by atoms with Crippen molar-refractivity contribution in [1.29, 1.82) is 0 Å². The van der Waals surface area contributed by atoms with Gasteiger partial charge in [-0.25, -0.2) is 9.97 Å². The SMILES string of the molecule is COCCN(c1ccc(C)cc1)c1ncccn1. The van der Waals surface area contributed by atoms with Gasteiger partial charge in [0.2, 0.25) is 5.95 Å². The zero-order valence-electron chi connectivity index (χ0n) is 10.7. The molecule has 4 nitrogen and oxygen atoms in total. The molecule has 0 fully saturated rings. The van der Waals surface area contributed by atoms with Crippen molar-refractivity contribution in [3.05, 3.63) is 48.3 Å². The molecule has 1 aromatic heterocycles. The molecule has 0 atom stereocenters. The summed E-state index contributed by atoms with van der Waals surface area (Å²) >= 11 is 0. The van der Waals surface area contributed by atoms with Crippen molar-refractivity contribution >= 4 is 11.6 Å². The van der Waals surface area contributed by atoms with Crippen LogP contribution >= 0.6 is 0 Å². The quantitative estimate of drug-likeness (QED) is 0.809. The van der Waals surface area contributed by atoms with E-state index in [-0.39, 0.29) is 0 Å². The van der Waals surface area contributed by atoms with Crippen molar-refractivity contribution < 1.29 is 4.74 Å². The third-order valence-electron chi connectivity index (χ3n) is 2.66. The first-order valence-corrected chi connectivity index (χ1v) is 5.91. The largest absolute Gasteiger partial charge is 0.383 e. The van der Waals surface area contributed by atoms with Crippen LogP contribution in [0.1, 0.15) is 5.56 Å². The zero-order valence-corrected chi connectivity index (χ0v) is 10.7. The summed E-state index contributed by atoms with van der Waals surface area (Å²) in [6.45, 7) is 3.43. The fourth-order valence-corrected chi connectivity index (χ4v) is 1.68. The van der Waals surface area contributed by atoms with Crippen molar-refractivity contribution in [1.82, 2.24) is 9.97 Å². The molecule has 2 rings (SSSR count). The second-order valence-electron chi connectivity index (χ2n) is 4.03. The van der Waals surface area contributed by atoms with E-state index in [4.69, 9.17) is 4.74 Å². The number of methoxy groups -OCH3 is 1. The maximum absolute atomic E-state index is 5.14. The first kappa shape index (κ1) is 12.5. The molecule has 94 valence electrons. The van der Waals surface area contributed by atoms with E-state index in [2.05, 4.69) is 41.2 Å². The summed E-state index contributed by atoms with van der Waals surface area (Å²) < 4.78 is 5.14. The monoisotopic (exact) mass is 243 g/mol. The van der Waals surface area contributed by atoms with E-state index in [9.17, 15) is 0 Å². The molecule has 0 unspecified atom stereocenters. The molecule has 2 aromatic rings. The van der Waals surface area contributed by atoms with Crippen LogP contribution in [0.3, 0.4) is 0 Å². The van der Waals surface area contributed by atoms with Crippen LogP contribution < -0.4 is 4.90 Å². The first-order chi connectivity index (χ1) is 8.81. The van der Waals surface area contributed by atoms with E-state index < -0.39 is 0 Å². The minimum atomic E-state index is 0.631. The number of hydrogen-bond acceptors (Lipinski definition) is 4. The molecule has 0 amide bonds. The first-order valence-electron chi connectivity index (χ1n) is 5.91. The highest BCUT2D eigenvalue weighted by atomic mass is 16.5. The molecular formula is C14H17N3O. The number of ether oxygens (including phenoxy) is 1. The topological polar surface area (TPSA) is 38.2 Å². The molecular weight excluding hydrogens is 226 g/mol. The van der Waals surface area contributed by atoms with Crippen LogP contribution in [0.15, 0.2) is 42.7 Å². The number of rotatable bonds is 5. The molecule has 0 spiro atoms. The molecule has 1 heterocycles. The lowest BCUT2D eigenvalue weighted by atomic mass is 10.2. The number of benzene rings is 1. The molecule has 0 saturated heterocycles.